The number of nitrogens with zero attached hydrogens (tertiary/aromatic N) is 2. The van der Waals surface area contributed by atoms with Crippen LogP contribution < -0.4 is 16.0 Å². The summed E-state index contributed by atoms with van der Waals surface area (Å²) in [4.78, 5) is 136. The van der Waals surface area contributed by atoms with E-state index >= 15 is 0 Å². The number of ketones is 1. The van der Waals surface area contributed by atoms with Gasteiger partial charge in [-0.25, -0.2) is 0 Å². The van der Waals surface area contributed by atoms with Crippen molar-refractivity contribution in [1.29, 1.82) is 0 Å². The maximum absolute atomic E-state index is 14.1. The molecule has 0 rings (SSSR count). The molecule has 796 valence electrons. The smallest absolute Gasteiger partial charge is 0.305 e. The number of rotatable bonds is 108. The van der Waals surface area contributed by atoms with E-state index in [2.05, 4.69) is 92.3 Å². The second-order valence-corrected chi connectivity index (χ2v) is 37.4. The van der Waals surface area contributed by atoms with Crippen LogP contribution in [0.2, 0.25) is 0 Å². The molecule has 0 unspecified atom stereocenters. The Morgan fingerprint density at radius 3 is 0.810 bits per heavy atom. The third-order valence-corrected chi connectivity index (χ3v) is 24.6. The molecule has 0 saturated heterocycles. The van der Waals surface area contributed by atoms with Crippen LogP contribution in [0.4, 0.5) is 0 Å². The number of ether oxygens (including phenoxy) is 9. The van der Waals surface area contributed by atoms with Gasteiger partial charge in [-0.15, -0.1) is 0 Å². The molecule has 0 aromatic rings. The van der Waals surface area contributed by atoms with E-state index in [1.165, 1.54) is 164 Å². The Morgan fingerprint density at radius 2 is 0.489 bits per heavy atom. The third-order valence-electron chi connectivity index (χ3n) is 24.6. The highest BCUT2D eigenvalue weighted by Gasteiger charge is 2.25. The van der Waals surface area contributed by atoms with Gasteiger partial charge < -0.3 is 68.4 Å². The Morgan fingerprint density at radius 1 is 0.226 bits per heavy atom. The van der Waals surface area contributed by atoms with E-state index in [4.69, 9.17) is 42.6 Å². The van der Waals surface area contributed by atoms with Crippen molar-refractivity contribution < 1.29 is 90.6 Å². The topological polar surface area (TPSA) is 296 Å². The van der Waals surface area contributed by atoms with Gasteiger partial charge in [-0.1, -0.05) is 295 Å². The first-order valence-electron chi connectivity index (χ1n) is 56.2. The summed E-state index contributed by atoms with van der Waals surface area (Å²) in [6.07, 6.45) is 82.2. The molecule has 0 heterocycles. The van der Waals surface area contributed by atoms with Crippen molar-refractivity contribution in [2.45, 2.75) is 471 Å². The number of hydrogen-bond acceptors (Lipinski definition) is 19. The predicted molar refractivity (Wildman–Crippen MR) is 558 cm³/mol. The van der Waals surface area contributed by atoms with E-state index in [0.717, 1.165) is 173 Å². The first kappa shape index (κ1) is 131. The predicted octanol–water partition coefficient (Wildman–Crippen LogP) is 25.3. The van der Waals surface area contributed by atoms with E-state index in [-0.39, 0.29) is 189 Å². The van der Waals surface area contributed by atoms with Gasteiger partial charge in [0.05, 0.1) is 72.4 Å². The molecule has 24 heteroatoms. The van der Waals surface area contributed by atoms with Crippen LogP contribution in [0.5, 0.6) is 0 Å². The van der Waals surface area contributed by atoms with Gasteiger partial charge in [-0.3, -0.25) is 47.9 Å². The van der Waals surface area contributed by atoms with Gasteiger partial charge in [-0.05, 0) is 161 Å². The van der Waals surface area contributed by atoms with Crippen LogP contribution >= 0.6 is 0 Å². The Balaban J connectivity index is 6.00. The summed E-state index contributed by atoms with van der Waals surface area (Å²) in [6, 6.07) is 0. The first-order chi connectivity index (χ1) is 67.2. The monoisotopic (exact) mass is 1940 g/mol. The molecule has 3 N–H and O–H groups in total. The van der Waals surface area contributed by atoms with E-state index in [1.807, 2.05) is 6.92 Å². The lowest BCUT2D eigenvalue weighted by molar-refractivity contribution is -0.148. The van der Waals surface area contributed by atoms with Gasteiger partial charge in [-0.2, -0.15) is 0 Å². The van der Waals surface area contributed by atoms with E-state index < -0.39 is 5.92 Å². The van der Waals surface area contributed by atoms with Gasteiger partial charge in [0.2, 0.25) is 29.5 Å². The lowest BCUT2D eigenvalue weighted by atomic mass is 9.93. The van der Waals surface area contributed by atoms with E-state index in [9.17, 15) is 47.9 Å². The van der Waals surface area contributed by atoms with E-state index in [1.54, 1.807) is 0 Å². The lowest BCUT2D eigenvalue weighted by Crippen LogP contribution is -2.38. The average molecular weight is 1940 g/mol. The minimum atomic E-state index is -0.756. The largest absolute Gasteiger partial charge is 0.464 e. The molecular weight excluding hydrogens is 1730 g/mol. The summed E-state index contributed by atoms with van der Waals surface area (Å²) in [5, 5.41) is 8.78. The number of carbonyl (C=O) groups excluding carboxylic acids is 10. The third kappa shape index (κ3) is 98.2. The molecule has 0 aromatic carbocycles. The van der Waals surface area contributed by atoms with Crippen molar-refractivity contribution in [3.63, 3.8) is 0 Å². The minimum absolute atomic E-state index is 0.0344. The lowest BCUT2D eigenvalue weighted by Gasteiger charge is -2.23. The highest BCUT2D eigenvalue weighted by Crippen LogP contribution is 2.21. The second-order valence-electron chi connectivity index (χ2n) is 37.4. The summed E-state index contributed by atoms with van der Waals surface area (Å²) in [5.41, 5.74) is 0. The highest BCUT2D eigenvalue weighted by molar-refractivity contribution is 5.89. The molecule has 0 spiro atoms. The quantitative estimate of drug-likeness (QED) is 0.0221. The molecule has 0 aliphatic carbocycles. The fourth-order valence-electron chi connectivity index (χ4n) is 16.0. The maximum Gasteiger partial charge on any atom is 0.305 e. The molecule has 0 radical (unpaired) electrons. The van der Waals surface area contributed by atoms with Crippen LogP contribution in [0.15, 0.2) is 48.6 Å². The fraction of sp³-hybridized carbons (Fsp3) is 0.841. The molecule has 0 aliphatic heterocycles. The summed E-state index contributed by atoms with van der Waals surface area (Å²) < 4.78 is 50.5. The number of carbonyl (C=O) groups is 10. The van der Waals surface area contributed by atoms with Crippen molar-refractivity contribution in [3.05, 3.63) is 48.6 Å². The van der Waals surface area contributed by atoms with Crippen LogP contribution in [0.3, 0.4) is 0 Å². The average Bonchev–Trinajstić information content (AvgIpc) is 0.908. The number of amides is 5. The van der Waals surface area contributed by atoms with Crippen molar-refractivity contribution in [3.8, 4) is 0 Å². The summed E-state index contributed by atoms with van der Waals surface area (Å²) >= 11 is 0. The minimum Gasteiger partial charge on any atom is -0.464 e. The molecule has 1 atom stereocenters. The van der Waals surface area contributed by atoms with Crippen LogP contribution in [-0.2, 0) is 90.6 Å². The standard InChI is InChI=1S/C113H205N5O19/c1-6-11-15-19-23-27-31-35-39-43-47-51-55-59-63-72-109(124)134-92-84-117(85-93-135-110(125)73-64-60-56-52-48-44-40-36-32-28-24-20-16-12-7-2)107(122)78-76-104(119)102-103(113(128)116-83-70-90-131-98-101-133-100-97-130-89-69-82-115-106(121)80-91-132-99-96-129-88-10-5)71-67-68-81-114-105(120)77-79-108(123)118(86-94-136-111(126)74-65-61-57-53-49-45-41-37-33-29-25-21-17-13-8-3)87-95-137-112(127)75-66-62-58-54-50-46-42-38-34-30-26-22-18-14-9-4/h35-42,103H,6-34,43-102H2,1-5H3,(H,114,120)(H,115,121)(H,116,128)/b39-35-,40-36-,41-37-,42-38-/t103-/m1/s1. The van der Waals surface area contributed by atoms with Gasteiger partial charge in [0, 0.05) is 110 Å². The maximum atomic E-state index is 14.1. The molecule has 24 nitrogen and oxygen atoms in total. The Bertz CT molecular complexity index is 2810. The number of allylic oxidation sites excluding steroid dienone is 8. The Labute approximate surface area is 835 Å². The molecule has 0 aromatic heterocycles. The molecule has 5 amide bonds. The normalized spacial score (nSPS) is 11.8. The van der Waals surface area contributed by atoms with Crippen molar-refractivity contribution >= 4 is 59.2 Å². The van der Waals surface area contributed by atoms with Crippen molar-refractivity contribution in [2.75, 3.05) is 138 Å². The van der Waals surface area contributed by atoms with Gasteiger partial charge >= 0.3 is 23.9 Å². The fourth-order valence-corrected chi connectivity index (χ4v) is 16.0. The number of unbranched alkanes of at least 4 members (excludes halogenated alkanes) is 45. The number of Topliss-reactive ketones (excluding diaryl/α,β-unsaturated/α-hetero) is 1. The number of esters is 4. The van der Waals surface area contributed by atoms with Crippen LogP contribution in [0.1, 0.15) is 471 Å². The first-order valence-corrected chi connectivity index (χ1v) is 56.2. The zero-order valence-corrected chi connectivity index (χ0v) is 88.3. The molecule has 0 bridgehead atoms. The van der Waals surface area contributed by atoms with Gasteiger partial charge in [0.15, 0.2) is 0 Å². The number of nitrogens with one attached hydrogen (secondary N) is 3. The summed E-state index contributed by atoms with van der Waals surface area (Å²) in [7, 11) is 0. The zero-order chi connectivity index (χ0) is 99.6. The zero-order valence-electron chi connectivity index (χ0n) is 88.3. The summed E-state index contributed by atoms with van der Waals surface area (Å²) in [6.45, 7) is 16.4. The van der Waals surface area contributed by atoms with Crippen LogP contribution in [-0.4, -0.2) is 207 Å². The number of hydrogen-bond donors (Lipinski definition) is 3. The highest BCUT2D eigenvalue weighted by atomic mass is 16.6. The molecule has 0 saturated carbocycles. The Hall–Kier alpha value is -6.34. The van der Waals surface area contributed by atoms with Crippen molar-refractivity contribution in [1.82, 2.24) is 25.8 Å². The SMILES string of the molecule is CCCCCCCC/C=C\CCCCCCCC(=O)OCCN(CCOC(=O)CCCCCCC/C=C\CCCCCCCC)C(=O)CCC(=O)C[C@@H](CCCCNC(=O)CCC(=O)N(CCOC(=O)CCCCCCC/C=C\CCCCCCCC)CCOC(=O)CCCCCCC/C=C\CCCCCCCC)C(=O)NCCCOCCOCCOCCCNC(=O)CCOCCOCCC. The summed E-state index contributed by atoms with van der Waals surface area (Å²) in [5.74, 6) is -3.87. The van der Waals surface area contributed by atoms with Crippen molar-refractivity contribution in [2.24, 2.45) is 5.92 Å². The van der Waals surface area contributed by atoms with Gasteiger partial charge in [0.1, 0.15) is 32.2 Å². The van der Waals surface area contributed by atoms with Crippen LogP contribution in [0.25, 0.3) is 0 Å². The molecule has 0 fully saturated rings. The molecule has 0 aliphatic rings. The molecule has 137 heavy (non-hydrogen) atoms. The van der Waals surface area contributed by atoms with Gasteiger partial charge in [0.25, 0.3) is 0 Å². The second kappa shape index (κ2) is 107. The Kier molecular flexibility index (Phi) is 102. The van der Waals surface area contributed by atoms with E-state index in [0.29, 0.717) is 118 Å². The van der Waals surface area contributed by atoms with Crippen LogP contribution in [0, 0.1) is 5.92 Å². The molecular formula is C113H205N5O19.